The summed E-state index contributed by atoms with van der Waals surface area (Å²) in [7, 11) is 0. The van der Waals surface area contributed by atoms with Crippen molar-refractivity contribution in [2.45, 2.75) is 44.6 Å². The molecule has 0 fully saturated rings. The summed E-state index contributed by atoms with van der Waals surface area (Å²) >= 11 is 17.2. The van der Waals surface area contributed by atoms with Gasteiger partial charge in [0.05, 0.1) is 5.75 Å². The minimum absolute atomic E-state index is 0.0400. The fourth-order valence-corrected chi connectivity index (χ4v) is 5.42. The molecule has 8 heteroatoms. The first-order valence-corrected chi connectivity index (χ1v) is 14.3. The fourth-order valence-electron chi connectivity index (χ4n) is 3.69. The number of hydrogen-bond donors (Lipinski definition) is 1. The molecular formula is C28H29BrCl2N2O2S. The predicted octanol–water partition coefficient (Wildman–Crippen LogP) is 7.15. The van der Waals surface area contributed by atoms with Gasteiger partial charge in [0.25, 0.3) is 0 Å². The van der Waals surface area contributed by atoms with Crippen molar-refractivity contribution >= 4 is 62.7 Å². The van der Waals surface area contributed by atoms with Crippen molar-refractivity contribution in [2.24, 2.45) is 0 Å². The van der Waals surface area contributed by atoms with E-state index in [4.69, 9.17) is 23.2 Å². The van der Waals surface area contributed by atoms with E-state index in [-0.39, 0.29) is 23.6 Å². The lowest BCUT2D eigenvalue weighted by molar-refractivity contribution is -0.139. The zero-order chi connectivity index (χ0) is 26.1. The molecular weight excluding hydrogens is 579 g/mol. The largest absolute Gasteiger partial charge is 0.352 e. The topological polar surface area (TPSA) is 49.4 Å². The van der Waals surface area contributed by atoms with E-state index < -0.39 is 6.04 Å². The van der Waals surface area contributed by atoms with Crippen molar-refractivity contribution in [3.05, 3.63) is 104 Å². The number of nitrogens with zero attached hydrogens (tertiary/aromatic N) is 1. The van der Waals surface area contributed by atoms with Crippen molar-refractivity contribution < 1.29 is 9.59 Å². The summed E-state index contributed by atoms with van der Waals surface area (Å²) in [4.78, 5) is 28.7. The van der Waals surface area contributed by atoms with Crippen LogP contribution in [0.4, 0.5) is 0 Å². The maximum atomic E-state index is 13.6. The van der Waals surface area contributed by atoms with E-state index in [1.54, 1.807) is 17.0 Å². The molecule has 0 aliphatic carbocycles. The summed E-state index contributed by atoms with van der Waals surface area (Å²) in [5, 5.41) is 4.16. The van der Waals surface area contributed by atoms with Gasteiger partial charge < -0.3 is 10.2 Å². The molecule has 0 saturated carbocycles. The van der Waals surface area contributed by atoms with E-state index in [9.17, 15) is 9.59 Å². The first-order chi connectivity index (χ1) is 17.2. The Morgan fingerprint density at radius 2 is 1.67 bits per heavy atom. The molecule has 190 valence electrons. The van der Waals surface area contributed by atoms with Crippen LogP contribution >= 0.6 is 50.9 Å². The first kappa shape index (κ1) is 28.6. The highest BCUT2D eigenvalue weighted by molar-refractivity contribution is 9.10. The summed E-state index contributed by atoms with van der Waals surface area (Å²) in [6, 6.07) is 22.3. The lowest BCUT2D eigenvalue weighted by Gasteiger charge is -2.32. The highest BCUT2D eigenvalue weighted by Gasteiger charge is 2.30. The number of carbonyl (C=O) groups excluding carboxylic acids is 2. The van der Waals surface area contributed by atoms with Crippen LogP contribution in [0.1, 0.15) is 30.5 Å². The van der Waals surface area contributed by atoms with Gasteiger partial charge in [0.15, 0.2) is 0 Å². The SMILES string of the molecule is CC(C)NC(=O)[C@@H](Cc1ccccc1)N(Cc1ccc(Br)cc1)C(=O)CSCc1ccc(Cl)cc1Cl. The van der Waals surface area contributed by atoms with Gasteiger partial charge >= 0.3 is 0 Å². The average Bonchev–Trinajstić information content (AvgIpc) is 2.84. The molecule has 0 aliphatic rings. The molecule has 3 rings (SSSR count). The molecule has 1 atom stereocenters. The van der Waals surface area contributed by atoms with E-state index >= 15 is 0 Å². The average molecular weight is 608 g/mol. The van der Waals surface area contributed by atoms with Crippen molar-refractivity contribution in [3.63, 3.8) is 0 Å². The van der Waals surface area contributed by atoms with Crippen molar-refractivity contribution in [1.82, 2.24) is 10.2 Å². The third-order valence-electron chi connectivity index (χ3n) is 5.47. The Hall–Kier alpha value is -1.99. The van der Waals surface area contributed by atoms with Crippen LogP contribution in [0.15, 0.2) is 77.3 Å². The molecule has 0 radical (unpaired) electrons. The molecule has 3 aromatic rings. The molecule has 0 unspecified atom stereocenters. The van der Waals surface area contributed by atoms with Gasteiger partial charge in [-0.3, -0.25) is 9.59 Å². The van der Waals surface area contributed by atoms with Crippen LogP contribution in [0.2, 0.25) is 10.0 Å². The first-order valence-electron chi connectivity index (χ1n) is 11.6. The molecule has 4 nitrogen and oxygen atoms in total. The minimum atomic E-state index is -0.648. The van der Waals surface area contributed by atoms with E-state index in [1.807, 2.05) is 74.5 Å². The number of amides is 2. The number of halogens is 3. The molecule has 3 aromatic carbocycles. The summed E-state index contributed by atoms with van der Waals surface area (Å²) in [6.45, 7) is 4.17. The normalized spacial score (nSPS) is 11.8. The van der Waals surface area contributed by atoms with E-state index in [1.165, 1.54) is 11.8 Å². The van der Waals surface area contributed by atoms with Gasteiger partial charge in [-0.2, -0.15) is 0 Å². The fraction of sp³-hybridized carbons (Fsp3) is 0.286. The van der Waals surface area contributed by atoms with Crippen LogP contribution in [-0.2, 0) is 28.3 Å². The Labute approximate surface area is 235 Å². The molecule has 0 saturated heterocycles. The Balaban J connectivity index is 1.84. The molecule has 0 heterocycles. The summed E-state index contributed by atoms with van der Waals surface area (Å²) in [5.74, 6) is 0.517. The van der Waals surface area contributed by atoms with Crippen LogP contribution in [0.3, 0.4) is 0 Å². The lowest BCUT2D eigenvalue weighted by atomic mass is 10.0. The second-order valence-electron chi connectivity index (χ2n) is 8.75. The van der Waals surface area contributed by atoms with Crippen molar-refractivity contribution in [3.8, 4) is 0 Å². The molecule has 0 spiro atoms. The van der Waals surface area contributed by atoms with E-state index in [0.29, 0.717) is 28.8 Å². The van der Waals surface area contributed by atoms with Crippen molar-refractivity contribution in [1.29, 1.82) is 0 Å². The number of rotatable bonds is 11. The number of thioether (sulfide) groups is 1. The Bertz CT molecular complexity index is 1160. The van der Waals surface area contributed by atoms with Crippen LogP contribution in [0.25, 0.3) is 0 Å². The summed E-state index contributed by atoms with van der Waals surface area (Å²) in [6.07, 6.45) is 0.426. The Morgan fingerprint density at radius 1 is 0.972 bits per heavy atom. The van der Waals surface area contributed by atoms with Gasteiger partial charge in [0.2, 0.25) is 11.8 Å². The number of nitrogens with one attached hydrogen (secondary N) is 1. The maximum absolute atomic E-state index is 13.6. The Morgan fingerprint density at radius 3 is 2.31 bits per heavy atom. The maximum Gasteiger partial charge on any atom is 0.243 e. The smallest absolute Gasteiger partial charge is 0.243 e. The molecule has 2 amide bonds. The summed E-state index contributed by atoms with van der Waals surface area (Å²) < 4.78 is 0.956. The zero-order valence-electron chi connectivity index (χ0n) is 20.2. The van der Waals surface area contributed by atoms with Gasteiger partial charge in [-0.15, -0.1) is 11.8 Å². The van der Waals surface area contributed by atoms with Crippen molar-refractivity contribution in [2.75, 3.05) is 5.75 Å². The van der Waals surface area contributed by atoms with Crippen LogP contribution in [0.5, 0.6) is 0 Å². The van der Waals surface area contributed by atoms with Crippen LogP contribution < -0.4 is 5.32 Å². The highest BCUT2D eigenvalue weighted by atomic mass is 79.9. The van der Waals surface area contributed by atoms with Gasteiger partial charge in [-0.05, 0) is 54.8 Å². The molecule has 0 aromatic heterocycles. The number of hydrogen-bond acceptors (Lipinski definition) is 3. The predicted molar refractivity (Wildman–Crippen MR) is 155 cm³/mol. The monoisotopic (exact) mass is 606 g/mol. The van der Waals surface area contributed by atoms with Gasteiger partial charge in [0.1, 0.15) is 6.04 Å². The quantitative estimate of drug-likeness (QED) is 0.252. The number of carbonyl (C=O) groups is 2. The van der Waals surface area contributed by atoms with Gasteiger partial charge in [0, 0.05) is 39.3 Å². The minimum Gasteiger partial charge on any atom is -0.352 e. The van der Waals surface area contributed by atoms with E-state index in [0.717, 1.165) is 21.2 Å². The highest BCUT2D eigenvalue weighted by Crippen LogP contribution is 2.25. The summed E-state index contributed by atoms with van der Waals surface area (Å²) in [5.41, 5.74) is 2.86. The molecule has 0 bridgehead atoms. The Kier molecular flexibility index (Phi) is 11.2. The molecule has 0 aliphatic heterocycles. The number of benzene rings is 3. The van der Waals surface area contributed by atoms with Crippen LogP contribution in [0, 0.1) is 0 Å². The van der Waals surface area contributed by atoms with Gasteiger partial charge in [-0.25, -0.2) is 0 Å². The third-order valence-corrected chi connectivity index (χ3v) is 7.55. The second-order valence-corrected chi connectivity index (χ2v) is 11.5. The van der Waals surface area contributed by atoms with E-state index in [2.05, 4.69) is 21.2 Å². The third kappa shape index (κ3) is 8.84. The molecule has 36 heavy (non-hydrogen) atoms. The lowest BCUT2D eigenvalue weighted by Crippen LogP contribution is -2.52. The molecule has 1 N–H and O–H groups in total. The zero-order valence-corrected chi connectivity index (χ0v) is 24.1. The van der Waals surface area contributed by atoms with Gasteiger partial charge in [-0.1, -0.05) is 87.7 Å². The standard InChI is InChI=1S/C28H29BrCl2N2O2S/c1-19(2)32-28(35)26(14-20-6-4-3-5-7-20)33(16-21-8-11-23(29)12-9-21)27(34)18-36-17-22-10-13-24(30)15-25(22)31/h3-13,15,19,26H,14,16-18H2,1-2H3,(H,32,35)/t26-/m1/s1. The van der Waals surface area contributed by atoms with Crippen LogP contribution in [-0.4, -0.2) is 34.6 Å². The second kappa shape index (κ2) is 14.1.